The average Bonchev–Trinajstić information content (AvgIpc) is 2.47. The number of hydrogen-bond donors (Lipinski definition) is 0. The van der Waals surface area contributed by atoms with E-state index in [1.165, 1.54) is 60.8 Å². The number of ketones is 1. The van der Waals surface area contributed by atoms with Gasteiger partial charge in [-0.1, -0.05) is 49.2 Å². The fraction of sp³-hybridized carbons (Fsp3) is 0.435. The van der Waals surface area contributed by atoms with Crippen LogP contribution in [0.2, 0.25) is 0 Å². The molecule has 0 saturated heterocycles. The summed E-state index contributed by atoms with van der Waals surface area (Å²) in [5.41, 5.74) is 6.96. The van der Waals surface area contributed by atoms with Crippen LogP contribution in [-0.2, 0) is 0 Å². The molecule has 2 saturated carbocycles. The van der Waals surface area contributed by atoms with Crippen LogP contribution >= 0.6 is 0 Å². The van der Waals surface area contributed by atoms with Gasteiger partial charge in [0.25, 0.3) is 0 Å². The van der Waals surface area contributed by atoms with Gasteiger partial charge in [0, 0.05) is 11.1 Å². The van der Waals surface area contributed by atoms with Crippen molar-refractivity contribution in [1.29, 1.82) is 0 Å². The topological polar surface area (TPSA) is 17.1 Å². The standard InChI is InChI=1S/C23H26O/c1-15-19(17-7-3-8-17)11-5-13-21(15)23(24)22-14-6-12-20(16(22)2)18-9-4-10-18/h5-6,11-14,17-18H,3-4,7-10H2,1-2H3. The number of rotatable bonds is 4. The van der Waals surface area contributed by atoms with E-state index in [4.69, 9.17) is 0 Å². The maximum atomic E-state index is 13.3. The summed E-state index contributed by atoms with van der Waals surface area (Å²) in [5, 5.41) is 0. The molecule has 2 aromatic carbocycles. The smallest absolute Gasteiger partial charge is 0.193 e. The molecule has 2 aliphatic carbocycles. The molecule has 124 valence electrons. The maximum absolute atomic E-state index is 13.3. The van der Waals surface area contributed by atoms with Crippen LogP contribution in [0, 0.1) is 13.8 Å². The Bertz CT molecular complexity index is 713. The SMILES string of the molecule is Cc1c(C(=O)c2cccc(C3CCC3)c2C)cccc1C1CCC1. The Labute approximate surface area is 145 Å². The second-order valence-corrected chi connectivity index (χ2v) is 7.62. The van der Waals surface area contributed by atoms with Gasteiger partial charge < -0.3 is 0 Å². The summed E-state index contributed by atoms with van der Waals surface area (Å²) in [6.45, 7) is 4.26. The Morgan fingerprint density at radius 1 is 0.750 bits per heavy atom. The third kappa shape index (κ3) is 2.51. The average molecular weight is 318 g/mol. The van der Waals surface area contributed by atoms with Crippen molar-refractivity contribution in [2.24, 2.45) is 0 Å². The Hall–Kier alpha value is -1.89. The van der Waals surface area contributed by atoms with Crippen LogP contribution in [0.4, 0.5) is 0 Å². The molecule has 1 heteroatoms. The van der Waals surface area contributed by atoms with Crippen LogP contribution in [0.15, 0.2) is 36.4 Å². The predicted octanol–water partition coefficient (Wildman–Crippen LogP) is 6.07. The van der Waals surface area contributed by atoms with Crippen molar-refractivity contribution >= 4 is 5.78 Å². The van der Waals surface area contributed by atoms with Crippen LogP contribution in [0.5, 0.6) is 0 Å². The lowest BCUT2D eigenvalue weighted by atomic mass is 9.76. The first-order valence-corrected chi connectivity index (χ1v) is 9.40. The highest BCUT2D eigenvalue weighted by Gasteiger charge is 2.26. The van der Waals surface area contributed by atoms with Gasteiger partial charge in [-0.05, 0) is 73.6 Å². The summed E-state index contributed by atoms with van der Waals surface area (Å²) in [6.07, 6.45) is 7.74. The minimum atomic E-state index is 0.201. The monoisotopic (exact) mass is 318 g/mol. The molecule has 0 spiro atoms. The molecular formula is C23H26O. The normalized spacial score (nSPS) is 18.1. The van der Waals surface area contributed by atoms with Crippen LogP contribution < -0.4 is 0 Å². The minimum Gasteiger partial charge on any atom is -0.289 e. The van der Waals surface area contributed by atoms with Crippen molar-refractivity contribution in [2.45, 2.75) is 64.2 Å². The van der Waals surface area contributed by atoms with Gasteiger partial charge in [0.15, 0.2) is 5.78 Å². The molecule has 0 bridgehead atoms. The summed E-state index contributed by atoms with van der Waals surface area (Å²) in [7, 11) is 0. The van der Waals surface area contributed by atoms with Crippen molar-refractivity contribution < 1.29 is 4.79 Å². The molecule has 0 atom stereocenters. The third-order valence-electron chi connectivity index (χ3n) is 6.33. The molecule has 0 aliphatic heterocycles. The van der Waals surface area contributed by atoms with Gasteiger partial charge >= 0.3 is 0 Å². The van der Waals surface area contributed by atoms with E-state index < -0.39 is 0 Å². The Morgan fingerprint density at radius 3 is 1.50 bits per heavy atom. The number of benzene rings is 2. The lowest BCUT2D eigenvalue weighted by molar-refractivity contribution is 0.103. The van der Waals surface area contributed by atoms with E-state index in [9.17, 15) is 4.79 Å². The number of hydrogen-bond acceptors (Lipinski definition) is 1. The quantitative estimate of drug-likeness (QED) is 0.625. The molecule has 0 N–H and O–H groups in total. The Morgan fingerprint density at radius 2 is 1.17 bits per heavy atom. The second kappa shape index (κ2) is 6.20. The number of carbonyl (C=O) groups is 1. The van der Waals surface area contributed by atoms with Gasteiger partial charge in [-0.25, -0.2) is 0 Å². The van der Waals surface area contributed by atoms with Crippen LogP contribution in [0.3, 0.4) is 0 Å². The van der Waals surface area contributed by atoms with E-state index in [-0.39, 0.29) is 5.78 Å². The minimum absolute atomic E-state index is 0.201. The molecule has 1 nitrogen and oxygen atoms in total. The van der Waals surface area contributed by atoms with Crippen LogP contribution in [0.25, 0.3) is 0 Å². The Kier molecular flexibility index (Phi) is 4.04. The summed E-state index contributed by atoms with van der Waals surface area (Å²) in [5.74, 6) is 1.53. The van der Waals surface area contributed by atoms with Crippen molar-refractivity contribution in [1.82, 2.24) is 0 Å². The van der Waals surface area contributed by atoms with E-state index in [1.54, 1.807) is 0 Å². The van der Waals surface area contributed by atoms with Gasteiger partial charge in [0.1, 0.15) is 0 Å². The van der Waals surface area contributed by atoms with Gasteiger partial charge in [-0.3, -0.25) is 4.79 Å². The molecule has 0 aromatic heterocycles. The van der Waals surface area contributed by atoms with Gasteiger partial charge in [-0.15, -0.1) is 0 Å². The molecule has 24 heavy (non-hydrogen) atoms. The molecule has 2 aliphatic rings. The zero-order chi connectivity index (χ0) is 16.7. The van der Waals surface area contributed by atoms with Crippen molar-refractivity contribution in [2.75, 3.05) is 0 Å². The van der Waals surface area contributed by atoms with Crippen molar-refractivity contribution in [3.05, 3.63) is 69.8 Å². The van der Waals surface area contributed by atoms with E-state index in [2.05, 4.69) is 38.1 Å². The van der Waals surface area contributed by atoms with Gasteiger partial charge in [-0.2, -0.15) is 0 Å². The highest BCUT2D eigenvalue weighted by atomic mass is 16.1. The van der Waals surface area contributed by atoms with Gasteiger partial charge in [0.05, 0.1) is 0 Å². The van der Waals surface area contributed by atoms with E-state index in [0.29, 0.717) is 11.8 Å². The van der Waals surface area contributed by atoms with Crippen molar-refractivity contribution in [3.63, 3.8) is 0 Å². The molecule has 0 unspecified atom stereocenters. The van der Waals surface area contributed by atoms with Gasteiger partial charge in [0.2, 0.25) is 0 Å². The predicted molar refractivity (Wildman–Crippen MR) is 99.0 cm³/mol. The summed E-state index contributed by atoms with van der Waals surface area (Å²) < 4.78 is 0. The largest absolute Gasteiger partial charge is 0.289 e. The van der Waals surface area contributed by atoms with E-state index in [0.717, 1.165) is 11.1 Å². The highest BCUT2D eigenvalue weighted by molar-refractivity contribution is 6.11. The Balaban J connectivity index is 1.71. The van der Waals surface area contributed by atoms with Crippen molar-refractivity contribution in [3.8, 4) is 0 Å². The second-order valence-electron chi connectivity index (χ2n) is 7.62. The summed E-state index contributed by atoms with van der Waals surface area (Å²) in [6, 6.07) is 12.6. The van der Waals surface area contributed by atoms with Crippen LogP contribution in [-0.4, -0.2) is 5.78 Å². The number of carbonyl (C=O) groups excluding carboxylic acids is 1. The third-order valence-corrected chi connectivity index (χ3v) is 6.33. The molecular weight excluding hydrogens is 292 g/mol. The lowest BCUT2D eigenvalue weighted by Crippen LogP contribution is -2.15. The van der Waals surface area contributed by atoms with Crippen LogP contribution in [0.1, 0.15) is 88.5 Å². The maximum Gasteiger partial charge on any atom is 0.193 e. The lowest BCUT2D eigenvalue weighted by Gasteiger charge is -2.29. The first kappa shape index (κ1) is 15.6. The fourth-order valence-corrected chi connectivity index (χ4v) is 4.27. The zero-order valence-corrected chi connectivity index (χ0v) is 14.8. The molecule has 0 radical (unpaired) electrons. The molecule has 0 amide bonds. The summed E-state index contributed by atoms with van der Waals surface area (Å²) in [4.78, 5) is 13.3. The fourth-order valence-electron chi connectivity index (χ4n) is 4.27. The molecule has 4 rings (SSSR count). The first-order valence-electron chi connectivity index (χ1n) is 9.40. The summed E-state index contributed by atoms with van der Waals surface area (Å²) >= 11 is 0. The van der Waals surface area contributed by atoms with E-state index in [1.807, 2.05) is 12.1 Å². The first-order chi connectivity index (χ1) is 11.7. The van der Waals surface area contributed by atoms with E-state index >= 15 is 0 Å². The molecule has 0 heterocycles. The highest BCUT2D eigenvalue weighted by Crippen LogP contribution is 2.40. The molecule has 2 fully saturated rings. The zero-order valence-electron chi connectivity index (χ0n) is 14.8. The molecule has 2 aromatic rings.